The van der Waals surface area contributed by atoms with Gasteiger partial charge in [-0.15, -0.1) is 0 Å². The lowest BCUT2D eigenvalue weighted by molar-refractivity contribution is -0.127. The molecule has 0 aliphatic heterocycles. The van der Waals surface area contributed by atoms with Crippen molar-refractivity contribution in [3.63, 3.8) is 0 Å². The van der Waals surface area contributed by atoms with E-state index in [-0.39, 0.29) is 56.0 Å². The van der Waals surface area contributed by atoms with Crippen LogP contribution >= 0.6 is 0 Å². The summed E-state index contributed by atoms with van der Waals surface area (Å²) < 4.78 is 21.1. The fourth-order valence-corrected chi connectivity index (χ4v) is 3.18. The molecular formula is C26H50N4O8. The second-order valence-electron chi connectivity index (χ2n) is 8.86. The van der Waals surface area contributed by atoms with Crippen molar-refractivity contribution in [2.45, 2.75) is 71.9 Å². The summed E-state index contributed by atoms with van der Waals surface area (Å²) in [5, 5.41) is 11.5. The summed E-state index contributed by atoms with van der Waals surface area (Å²) >= 11 is 0. The van der Waals surface area contributed by atoms with Gasteiger partial charge in [-0.2, -0.15) is 0 Å². The Labute approximate surface area is 227 Å². The Balaban J connectivity index is 3.55. The van der Waals surface area contributed by atoms with Crippen LogP contribution in [-0.2, 0) is 38.1 Å². The number of amides is 3. The van der Waals surface area contributed by atoms with Crippen LogP contribution in [0.3, 0.4) is 0 Å². The molecule has 0 aliphatic rings. The van der Waals surface area contributed by atoms with Crippen LogP contribution in [0.15, 0.2) is 0 Å². The molecule has 0 heterocycles. The van der Waals surface area contributed by atoms with Crippen molar-refractivity contribution in [1.29, 1.82) is 0 Å². The van der Waals surface area contributed by atoms with Crippen molar-refractivity contribution in [3.05, 3.63) is 0 Å². The molecule has 0 aliphatic carbocycles. The van der Waals surface area contributed by atoms with Crippen LogP contribution in [-0.4, -0.2) is 108 Å². The van der Waals surface area contributed by atoms with Crippen molar-refractivity contribution >= 4 is 23.5 Å². The fraction of sp³-hybridized carbons (Fsp3) is 0.846. The van der Waals surface area contributed by atoms with Crippen LogP contribution in [0.1, 0.15) is 59.8 Å². The Kier molecular flexibility index (Phi) is 23.8. The minimum absolute atomic E-state index is 0.0408. The van der Waals surface area contributed by atoms with Gasteiger partial charge in [0.2, 0.25) is 17.7 Å². The molecule has 2 atom stereocenters. The van der Waals surface area contributed by atoms with Gasteiger partial charge in [0.25, 0.3) is 0 Å². The first-order chi connectivity index (χ1) is 18.3. The Hall–Kier alpha value is -2.12. The van der Waals surface area contributed by atoms with Crippen molar-refractivity contribution in [2.24, 2.45) is 0 Å². The number of ketones is 1. The summed E-state index contributed by atoms with van der Waals surface area (Å²) in [6.07, 6.45) is 3.92. The van der Waals surface area contributed by atoms with Crippen LogP contribution in [0, 0.1) is 0 Å². The largest absolute Gasteiger partial charge is 0.377 e. The SMILES string of the molecule is CCC(=O)C(CCCCNC(=O)COCCOCCNC(=O)COCCOCCNC(C)=O)NC(C)CC. The van der Waals surface area contributed by atoms with Crippen molar-refractivity contribution in [1.82, 2.24) is 21.3 Å². The molecule has 0 aromatic heterocycles. The summed E-state index contributed by atoms with van der Waals surface area (Å²) in [7, 11) is 0. The van der Waals surface area contributed by atoms with Gasteiger partial charge >= 0.3 is 0 Å². The van der Waals surface area contributed by atoms with Crippen LogP contribution in [0.5, 0.6) is 0 Å². The van der Waals surface area contributed by atoms with Crippen LogP contribution in [0.4, 0.5) is 0 Å². The highest BCUT2D eigenvalue weighted by Crippen LogP contribution is 2.06. The number of Topliss-reactive ketones (excluding diaryl/α,β-unsaturated/α-hetero) is 1. The molecule has 12 nitrogen and oxygen atoms in total. The molecule has 0 radical (unpaired) electrons. The number of nitrogens with one attached hydrogen (secondary N) is 4. The predicted octanol–water partition coefficient (Wildman–Crippen LogP) is 0.327. The van der Waals surface area contributed by atoms with Crippen LogP contribution < -0.4 is 21.3 Å². The predicted molar refractivity (Wildman–Crippen MR) is 144 cm³/mol. The number of carbonyl (C=O) groups excluding carboxylic acids is 4. The van der Waals surface area contributed by atoms with E-state index in [2.05, 4.69) is 35.1 Å². The minimum Gasteiger partial charge on any atom is -0.377 e. The van der Waals surface area contributed by atoms with Crippen LogP contribution in [0.25, 0.3) is 0 Å². The van der Waals surface area contributed by atoms with Crippen LogP contribution in [0.2, 0.25) is 0 Å². The summed E-state index contributed by atoms with van der Waals surface area (Å²) in [6.45, 7) is 10.6. The van der Waals surface area contributed by atoms with E-state index in [0.29, 0.717) is 58.5 Å². The molecule has 38 heavy (non-hydrogen) atoms. The minimum atomic E-state index is -0.251. The molecule has 12 heteroatoms. The maximum atomic E-state index is 12.1. The Bertz CT molecular complexity index is 651. The first kappa shape index (κ1) is 35.9. The lowest BCUT2D eigenvalue weighted by atomic mass is 10.0. The highest BCUT2D eigenvalue weighted by Gasteiger charge is 2.17. The molecule has 4 N–H and O–H groups in total. The van der Waals surface area contributed by atoms with E-state index >= 15 is 0 Å². The normalized spacial score (nSPS) is 12.5. The Morgan fingerprint density at radius 3 is 1.74 bits per heavy atom. The van der Waals surface area contributed by atoms with E-state index in [1.807, 2.05) is 6.92 Å². The average Bonchev–Trinajstić information content (AvgIpc) is 2.89. The summed E-state index contributed by atoms with van der Waals surface area (Å²) in [5.74, 6) is -0.311. The maximum absolute atomic E-state index is 12.1. The van der Waals surface area contributed by atoms with Gasteiger partial charge in [-0.3, -0.25) is 19.2 Å². The molecule has 0 saturated heterocycles. The average molecular weight is 547 g/mol. The summed E-state index contributed by atoms with van der Waals surface area (Å²) in [5.41, 5.74) is 0. The number of unbranched alkanes of at least 4 members (excludes halogenated alkanes) is 1. The fourth-order valence-electron chi connectivity index (χ4n) is 3.18. The summed E-state index contributed by atoms with van der Waals surface area (Å²) in [6, 6.07) is 0.190. The van der Waals surface area contributed by atoms with Gasteiger partial charge in [0.05, 0.1) is 45.7 Å². The van der Waals surface area contributed by atoms with Gasteiger partial charge in [0.1, 0.15) is 19.0 Å². The van der Waals surface area contributed by atoms with Crippen molar-refractivity contribution in [3.8, 4) is 0 Å². The standard InChI is InChI=1S/C26H50N4O8/c1-5-21(3)30-23(24(32)6-2)9-7-8-10-28-25(33)19-37-18-16-36-14-12-29-26(34)20-38-17-15-35-13-11-27-22(4)31/h21,23,30H,5-20H2,1-4H3,(H,27,31)(H,28,33)(H,29,34). The Morgan fingerprint density at radius 1 is 0.684 bits per heavy atom. The number of rotatable bonds is 26. The molecule has 3 amide bonds. The van der Waals surface area contributed by atoms with Gasteiger partial charge < -0.3 is 40.2 Å². The van der Waals surface area contributed by atoms with Gasteiger partial charge in [0.15, 0.2) is 0 Å². The van der Waals surface area contributed by atoms with E-state index in [9.17, 15) is 19.2 Å². The zero-order chi connectivity index (χ0) is 28.4. The molecule has 222 valence electrons. The van der Waals surface area contributed by atoms with Crippen molar-refractivity contribution < 1.29 is 38.1 Å². The first-order valence-corrected chi connectivity index (χ1v) is 13.7. The molecule has 0 saturated carbocycles. The maximum Gasteiger partial charge on any atom is 0.246 e. The molecule has 0 fully saturated rings. The first-order valence-electron chi connectivity index (χ1n) is 13.7. The Morgan fingerprint density at radius 2 is 1.21 bits per heavy atom. The highest BCUT2D eigenvalue weighted by molar-refractivity contribution is 5.83. The lowest BCUT2D eigenvalue weighted by Crippen LogP contribution is -2.41. The van der Waals surface area contributed by atoms with Gasteiger partial charge in [0, 0.05) is 39.0 Å². The number of ether oxygens (including phenoxy) is 4. The van der Waals surface area contributed by atoms with E-state index < -0.39 is 0 Å². The molecule has 0 spiro atoms. The molecular weight excluding hydrogens is 496 g/mol. The third kappa shape index (κ3) is 23.0. The van der Waals surface area contributed by atoms with E-state index in [4.69, 9.17) is 18.9 Å². The monoisotopic (exact) mass is 546 g/mol. The number of hydrogen-bond acceptors (Lipinski definition) is 9. The number of carbonyl (C=O) groups is 4. The van der Waals surface area contributed by atoms with Gasteiger partial charge in [-0.1, -0.05) is 13.8 Å². The topological polar surface area (TPSA) is 153 Å². The second-order valence-corrected chi connectivity index (χ2v) is 8.86. The molecule has 0 rings (SSSR count). The second kappa shape index (κ2) is 25.2. The quantitative estimate of drug-likeness (QED) is 0.112. The molecule has 2 unspecified atom stereocenters. The van der Waals surface area contributed by atoms with Gasteiger partial charge in [-0.05, 0) is 32.6 Å². The zero-order valence-corrected chi connectivity index (χ0v) is 23.7. The molecule has 0 aromatic rings. The smallest absolute Gasteiger partial charge is 0.246 e. The molecule has 0 bridgehead atoms. The summed E-state index contributed by atoms with van der Waals surface area (Å²) in [4.78, 5) is 46.3. The third-order valence-electron chi connectivity index (χ3n) is 5.48. The van der Waals surface area contributed by atoms with Gasteiger partial charge in [-0.25, -0.2) is 0 Å². The lowest BCUT2D eigenvalue weighted by Gasteiger charge is -2.21. The van der Waals surface area contributed by atoms with E-state index in [1.54, 1.807) is 0 Å². The van der Waals surface area contributed by atoms with Crippen molar-refractivity contribution in [2.75, 3.05) is 72.5 Å². The zero-order valence-electron chi connectivity index (χ0n) is 23.7. The van der Waals surface area contributed by atoms with E-state index in [0.717, 1.165) is 25.7 Å². The number of hydrogen-bond donors (Lipinski definition) is 4. The van der Waals surface area contributed by atoms with E-state index in [1.165, 1.54) is 6.92 Å². The highest BCUT2D eigenvalue weighted by atomic mass is 16.5. The third-order valence-corrected chi connectivity index (χ3v) is 5.48. The molecule has 0 aromatic carbocycles.